The zero-order valence-corrected chi connectivity index (χ0v) is 8.18. The molecule has 0 aromatic carbocycles. The Balaban J connectivity index is 2.78. The molecule has 1 aromatic heterocycles. The van der Waals surface area contributed by atoms with Gasteiger partial charge in [-0.25, -0.2) is 10.2 Å². The molecule has 0 radical (unpaired) electrons. The summed E-state index contributed by atoms with van der Waals surface area (Å²) in [6, 6.07) is 1.97. The number of nitrogens with one attached hydrogen (secondary N) is 1. The summed E-state index contributed by atoms with van der Waals surface area (Å²) in [7, 11) is 0. The number of amides is 1. The van der Waals surface area contributed by atoms with E-state index >= 15 is 0 Å². The van der Waals surface area contributed by atoms with Crippen molar-refractivity contribution in [2.45, 2.75) is 13.8 Å². The number of hydrogen-bond donors (Lipinski definition) is 2. The number of nitrogens with zero attached hydrogens (tertiary/aromatic N) is 1. The van der Waals surface area contributed by atoms with Crippen LogP contribution in [0.3, 0.4) is 0 Å². The van der Waals surface area contributed by atoms with Crippen molar-refractivity contribution in [3.05, 3.63) is 21.9 Å². The maximum Gasteiger partial charge on any atom is 0.425 e. The molecule has 0 aliphatic carbocycles. The Morgan fingerprint density at radius 3 is 2.85 bits per heavy atom. The Morgan fingerprint density at radius 1 is 1.69 bits per heavy atom. The molecular weight excluding hydrogens is 188 g/mol. The van der Waals surface area contributed by atoms with E-state index in [2.05, 4.69) is 5.10 Å². The summed E-state index contributed by atoms with van der Waals surface area (Å²) in [5, 5.41) is 14.0. The van der Waals surface area contributed by atoms with E-state index < -0.39 is 6.09 Å². The first-order valence-corrected chi connectivity index (χ1v) is 4.57. The van der Waals surface area contributed by atoms with Gasteiger partial charge in [-0.1, -0.05) is 0 Å². The van der Waals surface area contributed by atoms with Crippen LogP contribution in [0.1, 0.15) is 17.4 Å². The van der Waals surface area contributed by atoms with Crippen molar-refractivity contribution in [3.63, 3.8) is 0 Å². The van der Waals surface area contributed by atoms with Crippen LogP contribution >= 0.6 is 11.3 Å². The third kappa shape index (κ3) is 2.55. The maximum atomic E-state index is 10.1. The van der Waals surface area contributed by atoms with Gasteiger partial charge in [0.25, 0.3) is 0 Å². The summed E-state index contributed by atoms with van der Waals surface area (Å²) in [5.41, 5.74) is 3.77. The van der Waals surface area contributed by atoms with Crippen LogP contribution in [0.4, 0.5) is 4.79 Å². The molecule has 0 atom stereocenters. The fourth-order valence-electron chi connectivity index (χ4n) is 0.926. The average Bonchev–Trinajstić information content (AvgIpc) is 2.47. The van der Waals surface area contributed by atoms with E-state index in [9.17, 15) is 4.79 Å². The molecule has 1 aromatic rings. The number of aryl methyl sites for hydroxylation is 1. The highest BCUT2D eigenvalue weighted by molar-refractivity contribution is 7.12. The summed E-state index contributed by atoms with van der Waals surface area (Å²) < 4.78 is 0. The van der Waals surface area contributed by atoms with Crippen molar-refractivity contribution < 1.29 is 9.90 Å². The molecule has 0 saturated heterocycles. The molecule has 0 aliphatic rings. The van der Waals surface area contributed by atoms with Gasteiger partial charge in [0.05, 0.1) is 10.6 Å². The second-order valence-corrected chi connectivity index (χ2v) is 3.46. The van der Waals surface area contributed by atoms with E-state index in [1.165, 1.54) is 0 Å². The summed E-state index contributed by atoms with van der Waals surface area (Å²) >= 11 is 1.55. The number of carbonyl (C=O) groups is 1. The fraction of sp³-hybridized carbons (Fsp3) is 0.250. The van der Waals surface area contributed by atoms with Gasteiger partial charge in [0, 0.05) is 0 Å². The van der Waals surface area contributed by atoms with E-state index in [1.807, 2.05) is 23.8 Å². The number of carboxylic acid groups (broad SMARTS) is 1. The molecule has 0 aliphatic heterocycles. The zero-order chi connectivity index (χ0) is 9.84. The minimum atomic E-state index is -1.14. The highest BCUT2D eigenvalue weighted by atomic mass is 32.1. The summed E-state index contributed by atoms with van der Waals surface area (Å²) in [5.74, 6) is 0. The SMILES string of the molecule is CC(=NNC(=O)O)c1sccc1C. The summed E-state index contributed by atoms with van der Waals surface area (Å²) in [6.45, 7) is 3.74. The van der Waals surface area contributed by atoms with Crippen LogP contribution in [0.5, 0.6) is 0 Å². The Bertz CT molecular complexity index is 344. The summed E-state index contributed by atoms with van der Waals surface area (Å²) in [6.07, 6.45) is -1.14. The molecule has 0 saturated carbocycles. The van der Waals surface area contributed by atoms with E-state index in [0.717, 1.165) is 10.4 Å². The Labute approximate surface area is 79.9 Å². The van der Waals surface area contributed by atoms with Crippen molar-refractivity contribution in [2.24, 2.45) is 5.10 Å². The van der Waals surface area contributed by atoms with Gasteiger partial charge in [0.15, 0.2) is 0 Å². The fourth-order valence-corrected chi connectivity index (χ4v) is 1.80. The number of hydrazone groups is 1. The molecule has 13 heavy (non-hydrogen) atoms. The summed E-state index contributed by atoms with van der Waals surface area (Å²) in [4.78, 5) is 11.2. The van der Waals surface area contributed by atoms with Crippen molar-refractivity contribution in [2.75, 3.05) is 0 Å². The molecule has 1 rings (SSSR count). The normalized spacial score (nSPS) is 11.4. The quantitative estimate of drug-likeness (QED) is 0.564. The van der Waals surface area contributed by atoms with E-state index in [4.69, 9.17) is 5.11 Å². The Kier molecular flexibility index (Phi) is 3.02. The standard InChI is InChI=1S/C8H10N2O2S/c1-5-3-4-13-7(5)6(2)9-10-8(11)12/h3-4,10H,1-2H3,(H,11,12). The zero-order valence-electron chi connectivity index (χ0n) is 7.37. The van der Waals surface area contributed by atoms with Crippen LogP contribution in [0, 0.1) is 6.92 Å². The average molecular weight is 198 g/mol. The van der Waals surface area contributed by atoms with Crippen LogP contribution in [0.25, 0.3) is 0 Å². The Hall–Kier alpha value is -1.36. The van der Waals surface area contributed by atoms with Crippen molar-refractivity contribution in [1.82, 2.24) is 5.43 Å². The van der Waals surface area contributed by atoms with Crippen LogP contribution in [-0.4, -0.2) is 16.9 Å². The first-order chi connectivity index (χ1) is 6.11. The van der Waals surface area contributed by atoms with Crippen molar-refractivity contribution in [3.8, 4) is 0 Å². The smallest absolute Gasteiger partial charge is 0.425 e. The van der Waals surface area contributed by atoms with Crippen molar-refractivity contribution >= 4 is 23.1 Å². The molecule has 2 N–H and O–H groups in total. The predicted molar refractivity (Wildman–Crippen MR) is 52.4 cm³/mol. The number of thiophene rings is 1. The lowest BCUT2D eigenvalue weighted by atomic mass is 10.2. The minimum absolute atomic E-state index is 0.690. The van der Waals surface area contributed by atoms with Gasteiger partial charge in [-0.2, -0.15) is 5.10 Å². The highest BCUT2D eigenvalue weighted by Crippen LogP contribution is 2.15. The predicted octanol–water partition coefficient (Wildman–Crippen LogP) is 2.05. The number of hydrogen-bond acceptors (Lipinski definition) is 3. The monoisotopic (exact) mass is 198 g/mol. The first kappa shape index (κ1) is 9.73. The lowest BCUT2D eigenvalue weighted by Gasteiger charge is -1.97. The minimum Gasteiger partial charge on any atom is -0.464 e. The van der Waals surface area contributed by atoms with Crippen LogP contribution < -0.4 is 5.43 Å². The molecule has 70 valence electrons. The molecule has 0 fully saturated rings. The van der Waals surface area contributed by atoms with Crippen LogP contribution in [0.2, 0.25) is 0 Å². The second-order valence-electron chi connectivity index (χ2n) is 2.55. The second kappa shape index (κ2) is 4.04. The van der Waals surface area contributed by atoms with Crippen LogP contribution in [0.15, 0.2) is 16.5 Å². The third-order valence-corrected chi connectivity index (χ3v) is 2.64. The van der Waals surface area contributed by atoms with E-state index in [-0.39, 0.29) is 0 Å². The van der Waals surface area contributed by atoms with Gasteiger partial charge in [-0.15, -0.1) is 11.3 Å². The van der Waals surface area contributed by atoms with Gasteiger partial charge >= 0.3 is 6.09 Å². The van der Waals surface area contributed by atoms with E-state index in [0.29, 0.717) is 5.71 Å². The topological polar surface area (TPSA) is 61.7 Å². The molecule has 0 bridgehead atoms. The molecule has 0 spiro atoms. The molecule has 1 heterocycles. The van der Waals surface area contributed by atoms with Crippen LogP contribution in [-0.2, 0) is 0 Å². The number of rotatable bonds is 2. The molecule has 0 unspecified atom stereocenters. The lowest BCUT2D eigenvalue weighted by molar-refractivity contribution is 0.195. The van der Waals surface area contributed by atoms with Gasteiger partial charge in [0.2, 0.25) is 0 Å². The molecule has 4 nitrogen and oxygen atoms in total. The maximum absolute atomic E-state index is 10.1. The lowest BCUT2D eigenvalue weighted by Crippen LogP contribution is -2.15. The third-order valence-electron chi connectivity index (χ3n) is 1.51. The first-order valence-electron chi connectivity index (χ1n) is 3.69. The van der Waals surface area contributed by atoms with Crippen molar-refractivity contribution in [1.29, 1.82) is 0 Å². The van der Waals surface area contributed by atoms with Gasteiger partial charge in [0.1, 0.15) is 0 Å². The van der Waals surface area contributed by atoms with Gasteiger partial charge in [-0.05, 0) is 30.9 Å². The molecule has 5 heteroatoms. The Morgan fingerprint density at radius 2 is 2.38 bits per heavy atom. The van der Waals surface area contributed by atoms with Gasteiger partial charge < -0.3 is 5.11 Å². The largest absolute Gasteiger partial charge is 0.464 e. The highest BCUT2D eigenvalue weighted by Gasteiger charge is 2.03. The molecular formula is C8H10N2O2S. The molecule has 1 amide bonds. The van der Waals surface area contributed by atoms with E-state index in [1.54, 1.807) is 18.3 Å². The van der Waals surface area contributed by atoms with Gasteiger partial charge in [-0.3, -0.25) is 0 Å².